The smallest absolute Gasteiger partial charge is 0.297 e. The van der Waals surface area contributed by atoms with Crippen molar-refractivity contribution in [2.75, 3.05) is 5.32 Å². The van der Waals surface area contributed by atoms with Gasteiger partial charge in [0, 0.05) is 10.3 Å². The summed E-state index contributed by atoms with van der Waals surface area (Å²) in [7, 11) is 0. The van der Waals surface area contributed by atoms with Gasteiger partial charge in [0.15, 0.2) is 5.82 Å². The number of aryl methyl sites for hydroxylation is 2. The summed E-state index contributed by atoms with van der Waals surface area (Å²) in [6, 6.07) is 7.11. The lowest BCUT2D eigenvalue weighted by Gasteiger charge is -2.10. The maximum atomic E-state index is 12.9. The second kappa shape index (κ2) is 5.92. The van der Waals surface area contributed by atoms with Crippen LogP contribution in [0.5, 0.6) is 0 Å². The summed E-state index contributed by atoms with van der Waals surface area (Å²) in [5.74, 6) is -0.0571. The fourth-order valence-electron chi connectivity index (χ4n) is 2.23. The minimum Gasteiger partial charge on any atom is -0.364 e. The molecule has 0 aliphatic carbocycles. The molecule has 2 aromatic heterocycles. The number of aromatic nitrogens is 3. The molecule has 1 aromatic carbocycles. The number of nitrogens with zero attached hydrogens (tertiary/aromatic N) is 3. The van der Waals surface area contributed by atoms with Crippen molar-refractivity contribution in [1.82, 2.24) is 15.0 Å². The van der Waals surface area contributed by atoms with E-state index in [9.17, 15) is 8.78 Å². The van der Waals surface area contributed by atoms with Gasteiger partial charge in [-0.1, -0.05) is 12.1 Å². The minimum absolute atomic E-state index is 0.408. The van der Waals surface area contributed by atoms with E-state index in [1.54, 1.807) is 23.5 Å². The molecule has 0 aliphatic heterocycles. The van der Waals surface area contributed by atoms with Gasteiger partial charge in [-0.25, -0.2) is 23.7 Å². The van der Waals surface area contributed by atoms with Crippen LogP contribution in [0.3, 0.4) is 0 Å². The molecule has 0 bridgehead atoms. The molecule has 7 heteroatoms. The second-order valence-electron chi connectivity index (χ2n) is 4.84. The molecule has 0 radical (unpaired) electrons. The Balaban J connectivity index is 1.96. The van der Waals surface area contributed by atoms with E-state index < -0.39 is 12.2 Å². The number of rotatable bonds is 4. The molecule has 4 nitrogen and oxygen atoms in total. The lowest BCUT2D eigenvalue weighted by Crippen LogP contribution is -2.07. The maximum absolute atomic E-state index is 12.9. The number of nitrogens with one attached hydrogen (secondary N) is 1. The molecule has 0 fully saturated rings. The molecule has 0 saturated heterocycles. The molecule has 0 unspecified atom stereocenters. The van der Waals surface area contributed by atoms with Gasteiger partial charge < -0.3 is 5.32 Å². The zero-order chi connectivity index (χ0) is 15.7. The number of alkyl halides is 2. The SMILES string of the molecule is Cc1nc(CNc2nc(C(F)F)nc3ccccc23)c(C)s1. The van der Waals surface area contributed by atoms with E-state index in [2.05, 4.69) is 20.3 Å². The van der Waals surface area contributed by atoms with Gasteiger partial charge in [0.25, 0.3) is 6.43 Å². The van der Waals surface area contributed by atoms with Crippen LogP contribution in [0.15, 0.2) is 24.3 Å². The van der Waals surface area contributed by atoms with Crippen LogP contribution in [0.1, 0.15) is 27.8 Å². The van der Waals surface area contributed by atoms with Crippen molar-refractivity contribution in [2.24, 2.45) is 0 Å². The third-order valence-electron chi connectivity index (χ3n) is 3.24. The van der Waals surface area contributed by atoms with Gasteiger partial charge in [0.05, 0.1) is 22.8 Å². The summed E-state index contributed by atoms with van der Waals surface area (Å²) in [5, 5.41) is 4.81. The first kappa shape index (κ1) is 14.8. The normalized spacial score (nSPS) is 11.3. The maximum Gasteiger partial charge on any atom is 0.297 e. The highest BCUT2D eigenvalue weighted by molar-refractivity contribution is 7.11. The number of thiazole rings is 1. The first-order valence-corrected chi connectivity index (χ1v) is 7.58. The van der Waals surface area contributed by atoms with Gasteiger partial charge in [-0.3, -0.25) is 0 Å². The molecule has 22 heavy (non-hydrogen) atoms. The van der Waals surface area contributed by atoms with E-state index in [1.807, 2.05) is 26.0 Å². The number of para-hydroxylation sites is 1. The van der Waals surface area contributed by atoms with Crippen LogP contribution in [-0.4, -0.2) is 15.0 Å². The largest absolute Gasteiger partial charge is 0.364 e. The molecule has 0 saturated carbocycles. The average Bonchev–Trinajstić information content (AvgIpc) is 2.82. The molecule has 2 heterocycles. The number of halogens is 2. The van der Waals surface area contributed by atoms with Crippen LogP contribution in [0, 0.1) is 13.8 Å². The van der Waals surface area contributed by atoms with Crippen LogP contribution in [0.4, 0.5) is 14.6 Å². The summed E-state index contributed by atoms with van der Waals surface area (Å²) in [4.78, 5) is 13.4. The lowest BCUT2D eigenvalue weighted by molar-refractivity contribution is 0.141. The van der Waals surface area contributed by atoms with Crippen molar-refractivity contribution < 1.29 is 8.78 Å². The van der Waals surface area contributed by atoms with Crippen molar-refractivity contribution in [3.63, 3.8) is 0 Å². The predicted molar refractivity (Wildman–Crippen MR) is 83.4 cm³/mol. The van der Waals surface area contributed by atoms with Crippen molar-refractivity contribution in [2.45, 2.75) is 26.8 Å². The van der Waals surface area contributed by atoms with Crippen molar-refractivity contribution in [1.29, 1.82) is 0 Å². The van der Waals surface area contributed by atoms with E-state index in [0.29, 0.717) is 17.9 Å². The Morgan fingerprint density at radius 3 is 2.59 bits per heavy atom. The third-order valence-corrected chi connectivity index (χ3v) is 4.17. The Hall–Kier alpha value is -2.15. The second-order valence-corrected chi connectivity index (χ2v) is 6.24. The average molecular weight is 320 g/mol. The van der Waals surface area contributed by atoms with Gasteiger partial charge in [-0.2, -0.15) is 0 Å². The van der Waals surface area contributed by atoms with Gasteiger partial charge in [-0.05, 0) is 26.0 Å². The van der Waals surface area contributed by atoms with Gasteiger partial charge in [-0.15, -0.1) is 11.3 Å². The quantitative estimate of drug-likeness (QED) is 0.780. The first-order valence-electron chi connectivity index (χ1n) is 6.76. The van der Waals surface area contributed by atoms with Gasteiger partial charge >= 0.3 is 0 Å². The standard InChI is InChI=1S/C15H14F2N4S/c1-8-12(19-9(2)22-8)7-18-14-10-5-3-4-6-11(10)20-15(21-14)13(16)17/h3-6,13H,7H2,1-2H3,(H,18,20,21). The van der Waals surface area contributed by atoms with E-state index in [1.165, 1.54) is 0 Å². The van der Waals surface area contributed by atoms with E-state index >= 15 is 0 Å². The minimum atomic E-state index is -2.70. The topological polar surface area (TPSA) is 50.7 Å². The monoisotopic (exact) mass is 320 g/mol. The van der Waals surface area contributed by atoms with Crippen LogP contribution < -0.4 is 5.32 Å². The highest BCUT2D eigenvalue weighted by atomic mass is 32.1. The molecule has 114 valence electrons. The van der Waals surface area contributed by atoms with E-state index in [0.717, 1.165) is 21.0 Å². The fraction of sp³-hybridized carbons (Fsp3) is 0.267. The van der Waals surface area contributed by atoms with Crippen LogP contribution in [0.25, 0.3) is 10.9 Å². The van der Waals surface area contributed by atoms with E-state index in [4.69, 9.17) is 0 Å². The Bertz CT molecular complexity index is 816. The molecule has 0 aliphatic rings. The third kappa shape index (κ3) is 2.89. The van der Waals surface area contributed by atoms with Crippen molar-refractivity contribution in [3.05, 3.63) is 45.7 Å². The molecule has 3 aromatic rings. The summed E-state index contributed by atoms with van der Waals surface area (Å²) >= 11 is 1.61. The predicted octanol–water partition coefficient (Wildman–Crippen LogP) is 4.25. The molecule has 3 rings (SSSR count). The fourth-order valence-corrected chi connectivity index (χ4v) is 3.06. The zero-order valence-electron chi connectivity index (χ0n) is 12.1. The van der Waals surface area contributed by atoms with Crippen LogP contribution in [0.2, 0.25) is 0 Å². The molecule has 1 N–H and O–H groups in total. The summed E-state index contributed by atoms with van der Waals surface area (Å²) in [5.41, 5.74) is 1.41. The first-order chi connectivity index (χ1) is 10.5. The van der Waals surface area contributed by atoms with Gasteiger partial charge in [0.1, 0.15) is 5.82 Å². The zero-order valence-corrected chi connectivity index (χ0v) is 12.9. The molecule has 0 atom stereocenters. The number of benzene rings is 1. The molecular weight excluding hydrogens is 306 g/mol. The Morgan fingerprint density at radius 2 is 1.91 bits per heavy atom. The lowest BCUT2D eigenvalue weighted by atomic mass is 10.2. The molecular formula is C15H14F2N4S. The number of hydrogen-bond donors (Lipinski definition) is 1. The number of anilines is 1. The Kier molecular flexibility index (Phi) is 3.98. The van der Waals surface area contributed by atoms with Crippen molar-refractivity contribution >= 4 is 28.1 Å². The summed E-state index contributed by atoms with van der Waals surface area (Å²) < 4.78 is 25.9. The highest BCUT2D eigenvalue weighted by Crippen LogP contribution is 2.25. The van der Waals surface area contributed by atoms with Gasteiger partial charge in [0.2, 0.25) is 0 Å². The summed E-state index contributed by atoms with van der Waals surface area (Å²) in [6.07, 6.45) is -2.70. The van der Waals surface area contributed by atoms with E-state index in [-0.39, 0.29) is 0 Å². The number of hydrogen-bond acceptors (Lipinski definition) is 5. The van der Waals surface area contributed by atoms with Crippen LogP contribution in [-0.2, 0) is 6.54 Å². The van der Waals surface area contributed by atoms with Crippen molar-refractivity contribution in [3.8, 4) is 0 Å². The molecule has 0 spiro atoms. The Morgan fingerprint density at radius 1 is 1.14 bits per heavy atom. The van der Waals surface area contributed by atoms with Crippen LogP contribution >= 0.6 is 11.3 Å². The highest BCUT2D eigenvalue weighted by Gasteiger charge is 2.15. The molecule has 0 amide bonds. The summed E-state index contributed by atoms with van der Waals surface area (Å²) in [6.45, 7) is 4.38. The Labute approximate surface area is 130 Å². The number of fused-ring (bicyclic) bond motifs is 1.